The third-order valence-corrected chi connectivity index (χ3v) is 5.64. The van der Waals surface area contributed by atoms with Crippen LogP contribution in [0.1, 0.15) is 58.3 Å². The molecule has 1 heterocycles. The molecule has 1 amide bonds. The Balaban J connectivity index is 1.50. The second kappa shape index (κ2) is 10.5. The molecule has 2 atom stereocenters. The van der Waals surface area contributed by atoms with E-state index in [2.05, 4.69) is 17.1 Å². The van der Waals surface area contributed by atoms with Crippen molar-refractivity contribution in [1.82, 2.24) is 4.90 Å². The van der Waals surface area contributed by atoms with Crippen LogP contribution in [0, 0.1) is 5.92 Å². The molecule has 1 saturated carbocycles. The van der Waals surface area contributed by atoms with Gasteiger partial charge in [0.15, 0.2) is 0 Å². The van der Waals surface area contributed by atoms with Gasteiger partial charge in [-0.2, -0.15) is 0 Å². The number of nitrogens with zero attached hydrogens (tertiary/aromatic N) is 1. The summed E-state index contributed by atoms with van der Waals surface area (Å²) in [7, 11) is 0. The van der Waals surface area contributed by atoms with E-state index in [-0.39, 0.29) is 12.2 Å². The van der Waals surface area contributed by atoms with Crippen molar-refractivity contribution in [3.05, 3.63) is 24.3 Å². The summed E-state index contributed by atoms with van der Waals surface area (Å²) in [5.74, 6) is 1.25. The lowest BCUT2D eigenvalue weighted by Gasteiger charge is -2.33. The Morgan fingerprint density at radius 2 is 2.00 bits per heavy atom. The van der Waals surface area contributed by atoms with E-state index in [9.17, 15) is 4.79 Å². The van der Waals surface area contributed by atoms with Crippen LogP contribution in [0.15, 0.2) is 24.3 Å². The van der Waals surface area contributed by atoms with Gasteiger partial charge in [0, 0.05) is 24.2 Å². The standard InChI is InChI=1S/C22H34N2O3/c1-2-3-15-26-20-11-8-10-19(16-20)23-22(25)27-21-12-5-4-9-18(21)17-24-13-6-7-14-24/h8,10-11,16,18,21H,2-7,9,12-15,17H2,1H3,(H,23,25)/t18-,21+/m0/s1. The number of likely N-dealkylation sites (tertiary alicyclic amines) is 1. The molecule has 2 fully saturated rings. The summed E-state index contributed by atoms with van der Waals surface area (Å²) in [4.78, 5) is 15.0. The van der Waals surface area contributed by atoms with Crippen molar-refractivity contribution < 1.29 is 14.3 Å². The van der Waals surface area contributed by atoms with E-state index in [1.54, 1.807) is 0 Å². The number of ether oxygens (including phenoxy) is 2. The molecule has 27 heavy (non-hydrogen) atoms. The number of nitrogens with one attached hydrogen (secondary N) is 1. The first-order valence-electron chi connectivity index (χ1n) is 10.7. The van der Waals surface area contributed by atoms with Crippen molar-refractivity contribution in [3.63, 3.8) is 0 Å². The van der Waals surface area contributed by atoms with Gasteiger partial charge in [0.05, 0.1) is 6.61 Å². The zero-order chi connectivity index (χ0) is 18.9. The number of unbranched alkanes of at least 4 members (excludes halogenated alkanes) is 1. The number of rotatable bonds is 8. The number of hydrogen-bond acceptors (Lipinski definition) is 4. The van der Waals surface area contributed by atoms with Gasteiger partial charge in [-0.3, -0.25) is 5.32 Å². The smallest absolute Gasteiger partial charge is 0.411 e. The topological polar surface area (TPSA) is 50.8 Å². The molecule has 1 aromatic carbocycles. The molecule has 5 heteroatoms. The number of hydrogen-bond donors (Lipinski definition) is 1. The van der Waals surface area contributed by atoms with Crippen LogP contribution in [0.5, 0.6) is 5.75 Å². The molecule has 150 valence electrons. The average molecular weight is 375 g/mol. The van der Waals surface area contributed by atoms with Crippen LogP contribution >= 0.6 is 0 Å². The first-order valence-corrected chi connectivity index (χ1v) is 10.7. The number of anilines is 1. The fourth-order valence-electron chi connectivity index (χ4n) is 4.12. The predicted molar refractivity (Wildman–Crippen MR) is 108 cm³/mol. The maximum Gasteiger partial charge on any atom is 0.411 e. The summed E-state index contributed by atoms with van der Waals surface area (Å²) in [6.45, 7) is 6.30. The van der Waals surface area contributed by atoms with Gasteiger partial charge in [-0.05, 0) is 63.7 Å². The molecule has 1 N–H and O–H groups in total. The van der Waals surface area contributed by atoms with Crippen LogP contribution in [-0.4, -0.2) is 43.3 Å². The lowest BCUT2D eigenvalue weighted by atomic mass is 9.86. The average Bonchev–Trinajstić information content (AvgIpc) is 3.17. The fourth-order valence-corrected chi connectivity index (χ4v) is 4.12. The molecule has 1 aromatic rings. The van der Waals surface area contributed by atoms with Gasteiger partial charge >= 0.3 is 6.09 Å². The zero-order valence-electron chi connectivity index (χ0n) is 16.6. The minimum atomic E-state index is -0.348. The van der Waals surface area contributed by atoms with E-state index in [0.29, 0.717) is 12.5 Å². The highest BCUT2D eigenvalue weighted by molar-refractivity contribution is 5.85. The second-order valence-corrected chi connectivity index (χ2v) is 7.85. The van der Waals surface area contributed by atoms with Gasteiger partial charge in [0.25, 0.3) is 0 Å². The highest BCUT2D eigenvalue weighted by Gasteiger charge is 2.30. The zero-order valence-corrected chi connectivity index (χ0v) is 16.6. The van der Waals surface area contributed by atoms with Gasteiger partial charge in [-0.25, -0.2) is 4.79 Å². The van der Waals surface area contributed by atoms with Crippen molar-refractivity contribution in [2.75, 3.05) is 31.6 Å². The summed E-state index contributed by atoms with van der Waals surface area (Å²) in [6, 6.07) is 7.54. The van der Waals surface area contributed by atoms with Gasteiger partial charge in [-0.15, -0.1) is 0 Å². The first-order chi connectivity index (χ1) is 13.2. The van der Waals surface area contributed by atoms with E-state index in [1.165, 1.54) is 32.4 Å². The quantitative estimate of drug-likeness (QED) is 0.646. The number of amides is 1. The Bertz CT molecular complexity index is 587. The highest BCUT2D eigenvalue weighted by Crippen LogP contribution is 2.29. The van der Waals surface area contributed by atoms with E-state index in [4.69, 9.17) is 9.47 Å². The molecular weight excluding hydrogens is 340 g/mol. The van der Waals surface area contributed by atoms with Crippen molar-refractivity contribution in [3.8, 4) is 5.75 Å². The van der Waals surface area contributed by atoms with Crippen LogP contribution in [-0.2, 0) is 4.74 Å². The maximum absolute atomic E-state index is 12.4. The molecule has 0 bridgehead atoms. The highest BCUT2D eigenvalue weighted by atomic mass is 16.6. The molecule has 0 radical (unpaired) electrons. The molecule has 5 nitrogen and oxygen atoms in total. The molecule has 0 unspecified atom stereocenters. The summed E-state index contributed by atoms with van der Waals surface area (Å²) in [5.41, 5.74) is 0.723. The molecule has 2 aliphatic rings. The van der Waals surface area contributed by atoms with E-state index >= 15 is 0 Å². The van der Waals surface area contributed by atoms with Crippen LogP contribution < -0.4 is 10.1 Å². The SMILES string of the molecule is CCCCOc1cccc(NC(=O)O[C@@H]2CCCC[C@H]2CN2CCCC2)c1. The monoisotopic (exact) mass is 374 g/mol. The van der Waals surface area contributed by atoms with E-state index < -0.39 is 0 Å². The molecule has 0 spiro atoms. The minimum absolute atomic E-state index is 0.0309. The third kappa shape index (κ3) is 6.42. The largest absolute Gasteiger partial charge is 0.494 e. The molecule has 1 saturated heterocycles. The number of carbonyl (C=O) groups excluding carboxylic acids is 1. The predicted octanol–water partition coefficient (Wildman–Crippen LogP) is 5.07. The third-order valence-electron chi connectivity index (χ3n) is 5.64. The van der Waals surface area contributed by atoms with Crippen LogP contribution in [0.4, 0.5) is 10.5 Å². The van der Waals surface area contributed by atoms with Crippen molar-refractivity contribution in [2.24, 2.45) is 5.92 Å². The van der Waals surface area contributed by atoms with Gasteiger partial charge in [0.2, 0.25) is 0 Å². The van der Waals surface area contributed by atoms with Crippen LogP contribution in [0.2, 0.25) is 0 Å². The Morgan fingerprint density at radius 1 is 1.19 bits per heavy atom. The van der Waals surface area contributed by atoms with Gasteiger partial charge < -0.3 is 14.4 Å². The minimum Gasteiger partial charge on any atom is -0.494 e. The van der Waals surface area contributed by atoms with E-state index in [0.717, 1.165) is 50.1 Å². The van der Waals surface area contributed by atoms with Crippen LogP contribution in [0.3, 0.4) is 0 Å². The summed E-state index contributed by atoms with van der Waals surface area (Å²) in [5, 5.41) is 2.88. The van der Waals surface area contributed by atoms with E-state index in [1.807, 2.05) is 24.3 Å². The molecule has 1 aliphatic heterocycles. The Hall–Kier alpha value is -1.75. The van der Waals surface area contributed by atoms with Crippen molar-refractivity contribution in [1.29, 1.82) is 0 Å². The Labute approximate surface area is 163 Å². The first kappa shape index (κ1) is 20.0. The molecule has 0 aromatic heterocycles. The summed E-state index contributed by atoms with van der Waals surface area (Å²) < 4.78 is 11.6. The van der Waals surface area contributed by atoms with Crippen molar-refractivity contribution in [2.45, 2.75) is 64.4 Å². The molecular formula is C22H34N2O3. The number of benzene rings is 1. The van der Waals surface area contributed by atoms with Gasteiger partial charge in [-0.1, -0.05) is 25.8 Å². The Morgan fingerprint density at radius 3 is 2.81 bits per heavy atom. The van der Waals surface area contributed by atoms with Crippen molar-refractivity contribution >= 4 is 11.8 Å². The maximum atomic E-state index is 12.4. The molecule has 1 aliphatic carbocycles. The lowest BCUT2D eigenvalue weighted by Crippen LogP contribution is -2.38. The number of carbonyl (C=O) groups is 1. The molecule has 3 rings (SSSR count). The van der Waals surface area contributed by atoms with Gasteiger partial charge in [0.1, 0.15) is 11.9 Å². The normalized spacial score (nSPS) is 23.1. The lowest BCUT2D eigenvalue weighted by molar-refractivity contribution is 0.0327. The van der Waals surface area contributed by atoms with Crippen LogP contribution in [0.25, 0.3) is 0 Å². The summed E-state index contributed by atoms with van der Waals surface area (Å²) in [6.07, 6.45) is 8.95. The second-order valence-electron chi connectivity index (χ2n) is 7.85. The fraction of sp³-hybridized carbons (Fsp3) is 0.682. The Kier molecular flexibility index (Phi) is 7.81. The summed E-state index contributed by atoms with van der Waals surface area (Å²) >= 11 is 0.